The molecule has 4 aromatic rings. The minimum absolute atomic E-state index is 0.0561. The van der Waals surface area contributed by atoms with Gasteiger partial charge in [-0.05, 0) is 42.0 Å². The first-order chi connectivity index (χ1) is 18.8. The van der Waals surface area contributed by atoms with Crippen molar-refractivity contribution in [3.63, 3.8) is 0 Å². The fourth-order valence-electron chi connectivity index (χ4n) is 3.04. The van der Waals surface area contributed by atoms with E-state index < -0.39 is 29.7 Å². The number of anilines is 5. The maximum Gasteiger partial charge on any atom is 0.490 e. The molecule has 40 heavy (non-hydrogen) atoms. The lowest BCUT2D eigenvalue weighted by atomic mass is 10.1. The second-order valence-corrected chi connectivity index (χ2v) is 7.81. The second-order valence-electron chi connectivity index (χ2n) is 7.81. The molecule has 2 aromatic carbocycles. The van der Waals surface area contributed by atoms with Crippen LogP contribution in [0.15, 0.2) is 73.7 Å². The molecule has 2 aromatic heterocycles. The number of benzene rings is 2. The first-order valence-corrected chi connectivity index (χ1v) is 11.0. The highest BCUT2D eigenvalue weighted by molar-refractivity contribution is 5.99. The summed E-state index contributed by atoms with van der Waals surface area (Å²) in [7, 11) is 1.77. The van der Waals surface area contributed by atoms with Crippen LogP contribution in [0.5, 0.6) is 0 Å². The Bertz CT molecular complexity index is 1540. The smallest absolute Gasteiger partial charge is 0.475 e. The van der Waals surface area contributed by atoms with Gasteiger partial charge < -0.3 is 21.1 Å². The number of alkyl halides is 3. The van der Waals surface area contributed by atoms with Crippen LogP contribution in [-0.4, -0.2) is 42.9 Å². The average molecular weight is 561 g/mol. The van der Waals surface area contributed by atoms with Gasteiger partial charge in [-0.3, -0.25) is 9.48 Å². The molecule has 15 heteroatoms. The van der Waals surface area contributed by atoms with Crippen molar-refractivity contribution in [3.8, 4) is 11.1 Å². The number of aliphatic carboxylic acids is 1. The van der Waals surface area contributed by atoms with Crippen molar-refractivity contribution in [1.29, 1.82) is 0 Å². The number of amides is 1. The number of aromatic nitrogens is 4. The number of hydrogen-bond donors (Lipinski definition) is 4. The Hall–Kier alpha value is -5.34. The molecule has 2 heterocycles. The molecule has 0 radical (unpaired) electrons. The van der Waals surface area contributed by atoms with E-state index in [0.717, 1.165) is 6.08 Å². The molecule has 0 saturated heterocycles. The molecule has 0 unspecified atom stereocenters. The van der Waals surface area contributed by atoms with Crippen LogP contribution in [-0.2, 0) is 16.6 Å². The monoisotopic (exact) mass is 561 g/mol. The average Bonchev–Trinajstić information content (AvgIpc) is 3.30. The number of aryl methyl sites for hydroxylation is 1. The highest BCUT2D eigenvalue weighted by Crippen LogP contribution is 2.32. The summed E-state index contributed by atoms with van der Waals surface area (Å²) in [5, 5.41) is 19.7. The van der Waals surface area contributed by atoms with Crippen LogP contribution < -0.4 is 16.0 Å². The first kappa shape index (κ1) is 29.2. The van der Waals surface area contributed by atoms with Gasteiger partial charge in [-0.15, -0.1) is 0 Å². The Balaban J connectivity index is 0.000000559. The fourth-order valence-corrected chi connectivity index (χ4v) is 3.04. The van der Waals surface area contributed by atoms with Crippen molar-refractivity contribution < 1.29 is 36.6 Å². The van der Waals surface area contributed by atoms with Gasteiger partial charge >= 0.3 is 12.1 Å². The van der Waals surface area contributed by atoms with Gasteiger partial charge in [0, 0.05) is 30.7 Å². The summed E-state index contributed by atoms with van der Waals surface area (Å²) in [5.41, 5.74) is 2.02. The number of carbonyl (C=O) groups is 2. The molecule has 1 amide bonds. The lowest BCUT2D eigenvalue weighted by Gasteiger charge is -2.14. The van der Waals surface area contributed by atoms with E-state index >= 15 is 0 Å². The van der Waals surface area contributed by atoms with Crippen molar-refractivity contribution in [2.24, 2.45) is 7.05 Å². The van der Waals surface area contributed by atoms with Crippen LogP contribution in [0.2, 0.25) is 0 Å². The van der Waals surface area contributed by atoms with Crippen LogP contribution in [0, 0.1) is 11.6 Å². The van der Waals surface area contributed by atoms with Crippen LogP contribution in [0.25, 0.3) is 11.1 Å². The number of halogens is 5. The van der Waals surface area contributed by atoms with Gasteiger partial charge in [-0.25, -0.2) is 18.6 Å². The van der Waals surface area contributed by atoms with Gasteiger partial charge in [-0.1, -0.05) is 18.7 Å². The quantitative estimate of drug-likeness (QED) is 0.174. The molecule has 4 N–H and O–H groups in total. The summed E-state index contributed by atoms with van der Waals surface area (Å²) in [5.74, 6) is -3.74. The summed E-state index contributed by atoms with van der Waals surface area (Å²) in [6.45, 7) is 3.40. The maximum absolute atomic E-state index is 14.6. The lowest BCUT2D eigenvalue weighted by Crippen LogP contribution is -2.21. The molecule has 0 atom stereocenters. The van der Waals surface area contributed by atoms with E-state index in [0.29, 0.717) is 22.5 Å². The summed E-state index contributed by atoms with van der Waals surface area (Å²) in [6.07, 6.45) is 0.869. The predicted molar refractivity (Wildman–Crippen MR) is 136 cm³/mol. The van der Waals surface area contributed by atoms with Crippen molar-refractivity contribution >= 4 is 40.7 Å². The summed E-state index contributed by atoms with van der Waals surface area (Å²) in [4.78, 5) is 29.3. The van der Waals surface area contributed by atoms with E-state index in [1.165, 1.54) is 36.5 Å². The van der Waals surface area contributed by atoms with E-state index in [4.69, 9.17) is 9.90 Å². The zero-order valence-electron chi connectivity index (χ0n) is 20.5. The molecule has 0 spiro atoms. The van der Waals surface area contributed by atoms with Crippen LogP contribution in [0.3, 0.4) is 0 Å². The number of carboxylic acids is 1. The molecule has 0 aliphatic carbocycles. The number of carbonyl (C=O) groups excluding carboxylic acids is 1. The Morgan fingerprint density at radius 3 is 2.38 bits per heavy atom. The molecular formula is C25H20F5N7O3. The predicted octanol–water partition coefficient (Wildman–Crippen LogP) is 5.40. The SMILES string of the molecule is C=CC(=O)Nc1ccc(F)c(Nc2nc(Nc3cnn(C)c3)ncc2-c2cccc(F)c2)c1.O=C(O)C(F)(F)F. The molecule has 10 nitrogen and oxygen atoms in total. The second kappa shape index (κ2) is 12.5. The minimum Gasteiger partial charge on any atom is -0.475 e. The Morgan fingerprint density at radius 2 is 1.77 bits per heavy atom. The Labute approximate surface area is 223 Å². The lowest BCUT2D eigenvalue weighted by molar-refractivity contribution is -0.192. The van der Waals surface area contributed by atoms with E-state index in [1.54, 1.807) is 36.3 Å². The molecule has 0 aliphatic heterocycles. The standard InChI is InChI=1S/C23H19F2N7O.C2HF3O2/c1-3-21(33)28-16-7-8-19(25)20(10-16)30-22-18(14-5-4-6-15(24)9-14)12-26-23(31-22)29-17-11-27-32(2)13-17;3-2(4,5)1(6)7/h3-13H,1H2,2H3,(H,28,33)(H2,26,29,30,31);(H,6,7). The van der Waals surface area contributed by atoms with E-state index in [9.17, 15) is 26.7 Å². The van der Waals surface area contributed by atoms with Crippen molar-refractivity contribution in [2.45, 2.75) is 6.18 Å². The third-order valence-corrected chi connectivity index (χ3v) is 4.80. The van der Waals surface area contributed by atoms with Crippen molar-refractivity contribution in [1.82, 2.24) is 19.7 Å². The molecule has 0 fully saturated rings. The largest absolute Gasteiger partial charge is 0.490 e. The van der Waals surface area contributed by atoms with E-state index in [1.807, 2.05) is 0 Å². The van der Waals surface area contributed by atoms with Gasteiger partial charge in [0.05, 0.1) is 17.6 Å². The highest BCUT2D eigenvalue weighted by atomic mass is 19.4. The van der Waals surface area contributed by atoms with Crippen LogP contribution in [0.4, 0.5) is 50.8 Å². The Kier molecular flexibility index (Phi) is 9.11. The molecule has 0 bridgehead atoms. The molecule has 0 saturated carbocycles. The summed E-state index contributed by atoms with van der Waals surface area (Å²) in [6, 6.07) is 9.95. The molecular weight excluding hydrogens is 541 g/mol. The number of nitrogens with one attached hydrogen (secondary N) is 3. The third kappa shape index (κ3) is 8.08. The van der Waals surface area contributed by atoms with Gasteiger partial charge in [0.2, 0.25) is 11.9 Å². The van der Waals surface area contributed by atoms with Gasteiger partial charge in [0.1, 0.15) is 17.5 Å². The molecule has 0 aliphatic rings. The summed E-state index contributed by atoms with van der Waals surface area (Å²) >= 11 is 0. The maximum atomic E-state index is 14.6. The zero-order chi connectivity index (χ0) is 29.4. The fraction of sp³-hybridized carbons (Fsp3) is 0.0800. The normalized spacial score (nSPS) is 10.7. The third-order valence-electron chi connectivity index (χ3n) is 4.80. The number of carboxylic acid groups (broad SMARTS) is 1. The zero-order valence-corrected chi connectivity index (χ0v) is 20.5. The highest BCUT2D eigenvalue weighted by Gasteiger charge is 2.38. The Morgan fingerprint density at radius 1 is 1.05 bits per heavy atom. The van der Waals surface area contributed by atoms with Crippen LogP contribution >= 0.6 is 0 Å². The number of rotatable bonds is 7. The minimum atomic E-state index is -5.08. The van der Waals surface area contributed by atoms with Gasteiger partial charge in [0.15, 0.2) is 0 Å². The van der Waals surface area contributed by atoms with E-state index in [2.05, 4.69) is 37.6 Å². The van der Waals surface area contributed by atoms with Crippen molar-refractivity contribution in [2.75, 3.05) is 16.0 Å². The van der Waals surface area contributed by atoms with Crippen LogP contribution in [0.1, 0.15) is 0 Å². The van der Waals surface area contributed by atoms with Crippen molar-refractivity contribution in [3.05, 3.63) is 85.3 Å². The number of nitrogens with zero attached hydrogens (tertiary/aromatic N) is 4. The van der Waals surface area contributed by atoms with E-state index in [-0.39, 0.29) is 17.5 Å². The van der Waals surface area contributed by atoms with Gasteiger partial charge in [-0.2, -0.15) is 23.3 Å². The van der Waals surface area contributed by atoms with Gasteiger partial charge in [0.25, 0.3) is 0 Å². The molecule has 4 rings (SSSR count). The number of hydrogen-bond acceptors (Lipinski definition) is 7. The molecule has 208 valence electrons. The first-order valence-electron chi connectivity index (χ1n) is 11.0. The summed E-state index contributed by atoms with van der Waals surface area (Å²) < 4.78 is 61.8. The topological polar surface area (TPSA) is 134 Å².